The average molecular weight is 262 g/mol. The van der Waals surface area contributed by atoms with Crippen LogP contribution >= 0.6 is 0 Å². The van der Waals surface area contributed by atoms with E-state index in [0.29, 0.717) is 11.7 Å². The molecular formula is C14H22N4O. The maximum atomic E-state index is 12.3. The summed E-state index contributed by atoms with van der Waals surface area (Å²) in [6, 6.07) is 2.09. The molecule has 5 heteroatoms. The summed E-state index contributed by atoms with van der Waals surface area (Å²) in [5, 5.41) is 3.27. The number of rotatable bonds is 4. The number of carbonyl (C=O) groups is 1. The Morgan fingerprint density at radius 2 is 2.11 bits per heavy atom. The molecule has 5 nitrogen and oxygen atoms in total. The van der Waals surface area contributed by atoms with Crippen LogP contribution in [0.2, 0.25) is 0 Å². The van der Waals surface area contributed by atoms with Gasteiger partial charge in [-0.15, -0.1) is 0 Å². The zero-order chi connectivity index (χ0) is 13.7. The second kappa shape index (κ2) is 6.50. The Hall–Kier alpha value is -1.65. The maximum absolute atomic E-state index is 12.3. The number of carbonyl (C=O) groups excluding carboxylic acids is 1. The summed E-state index contributed by atoms with van der Waals surface area (Å²) < 4.78 is 0. The first-order valence-corrected chi connectivity index (χ1v) is 7.08. The molecule has 0 saturated carbocycles. The number of hydrogen-bond acceptors (Lipinski definition) is 4. The molecule has 0 aliphatic carbocycles. The van der Waals surface area contributed by atoms with E-state index in [1.165, 1.54) is 12.7 Å². The first-order valence-electron chi connectivity index (χ1n) is 7.08. The third-order valence-corrected chi connectivity index (χ3v) is 3.54. The summed E-state index contributed by atoms with van der Waals surface area (Å²) >= 11 is 0. The van der Waals surface area contributed by atoms with E-state index in [9.17, 15) is 4.79 Å². The lowest BCUT2D eigenvalue weighted by atomic mass is 10.1. The Kier molecular flexibility index (Phi) is 4.71. The van der Waals surface area contributed by atoms with Crippen LogP contribution in [-0.4, -0.2) is 39.9 Å². The van der Waals surface area contributed by atoms with Crippen LogP contribution in [0.5, 0.6) is 0 Å². The van der Waals surface area contributed by atoms with Crippen LogP contribution in [0.25, 0.3) is 0 Å². The predicted molar refractivity (Wildman–Crippen MR) is 75.2 cm³/mol. The highest BCUT2D eigenvalue weighted by Crippen LogP contribution is 2.14. The maximum Gasteiger partial charge on any atom is 0.272 e. The molecule has 0 aromatic carbocycles. The van der Waals surface area contributed by atoms with Crippen molar-refractivity contribution in [1.82, 2.24) is 14.9 Å². The first-order chi connectivity index (χ1) is 9.20. The number of piperidine rings is 1. The fourth-order valence-corrected chi connectivity index (χ4v) is 2.17. The van der Waals surface area contributed by atoms with E-state index in [0.717, 1.165) is 38.2 Å². The molecular weight excluding hydrogens is 240 g/mol. The molecule has 1 amide bonds. The highest BCUT2D eigenvalue weighted by atomic mass is 16.2. The lowest BCUT2D eigenvalue weighted by molar-refractivity contribution is 0.0718. The molecule has 104 valence electrons. The van der Waals surface area contributed by atoms with Gasteiger partial charge in [0.1, 0.15) is 17.8 Å². The second-order valence-corrected chi connectivity index (χ2v) is 5.09. The van der Waals surface area contributed by atoms with Gasteiger partial charge in [0.25, 0.3) is 5.91 Å². The molecule has 0 radical (unpaired) electrons. The minimum atomic E-state index is 0.0225. The molecule has 0 spiro atoms. The Bertz CT molecular complexity index is 429. The molecule has 19 heavy (non-hydrogen) atoms. The van der Waals surface area contributed by atoms with E-state index in [1.807, 2.05) is 4.90 Å². The Morgan fingerprint density at radius 3 is 2.79 bits per heavy atom. The van der Waals surface area contributed by atoms with Crippen molar-refractivity contribution in [2.24, 2.45) is 0 Å². The van der Waals surface area contributed by atoms with Crippen LogP contribution in [-0.2, 0) is 0 Å². The minimum absolute atomic E-state index is 0.0225. The minimum Gasteiger partial charge on any atom is -0.368 e. The molecule has 0 bridgehead atoms. The van der Waals surface area contributed by atoms with Crippen LogP contribution in [0.3, 0.4) is 0 Å². The number of amides is 1. The van der Waals surface area contributed by atoms with Crippen molar-refractivity contribution in [2.75, 3.05) is 18.4 Å². The summed E-state index contributed by atoms with van der Waals surface area (Å²) in [5.41, 5.74) is 0.489. The van der Waals surface area contributed by atoms with Crippen molar-refractivity contribution >= 4 is 11.7 Å². The molecule has 2 heterocycles. The topological polar surface area (TPSA) is 58.1 Å². The van der Waals surface area contributed by atoms with Gasteiger partial charge in [-0.05, 0) is 32.6 Å². The number of nitrogens with zero attached hydrogens (tertiary/aromatic N) is 3. The van der Waals surface area contributed by atoms with Gasteiger partial charge in [0.2, 0.25) is 0 Å². The van der Waals surface area contributed by atoms with Crippen molar-refractivity contribution in [2.45, 2.75) is 45.6 Å². The van der Waals surface area contributed by atoms with Gasteiger partial charge in [0, 0.05) is 25.2 Å². The normalized spacial score (nSPS) is 17.1. The molecule has 1 aromatic rings. The van der Waals surface area contributed by atoms with Crippen LogP contribution in [0.15, 0.2) is 12.4 Å². The van der Waals surface area contributed by atoms with Gasteiger partial charge >= 0.3 is 0 Å². The lowest BCUT2D eigenvalue weighted by Crippen LogP contribution is -2.36. The first kappa shape index (κ1) is 13.8. The smallest absolute Gasteiger partial charge is 0.272 e. The highest BCUT2D eigenvalue weighted by molar-refractivity contribution is 5.92. The SMILES string of the molecule is CCC(C)Nc1cc(C(=O)N2CCCCC2)ncn1. The summed E-state index contributed by atoms with van der Waals surface area (Å²) in [4.78, 5) is 22.5. The van der Waals surface area contributed by atoms with Crippen LogP contribution < -0.4 is 5.32 Å². The van der Waals surface area contributed by atoms with E-state index in [4.69, 9.17) is 0 Å². The molecule has 1 saturated heterocycles. The predicted octanol–water partition coefficient (Wildman–Crippen LogP) is 2.31. The van der Waals surface area contributed by atoms with Crippen LogP contribution in [0.1, 0.15) is 50.0 Å². The lowest BCUT2D eigenvalue weighted by Gasteiger charge is -2.26. The Labute approximate surface area is 114 Å². The van der Waals surface area contributed by atoms with Gasteiger partial charge < -0.3 is 10.2 Å². The third kappa shape index (κ3) is 3.66. The number of nitrogens with one attached hydrogen (secondary N) is 1. The van der Waals surface area contributed by atoms with Crippen LogP contribution in [0.4, 0.5) is 5.82 Å². The zero-order valence-electron chi connectivity index (χ0n) is 11.7. The third-order valence-electron chi connectivity index (χ3n) is 3.54. The van der Waals surface area contributed by atoms with Crippen molar-refractivity contribution < 1.29 is 4.79 Å². The van der Waals surface area contributed by atoms with Gasteiger partial charge in [-0.2, -0.15) is 0 Å². The van der Waals surface area contributed by atoms with E-state index in [2.05, 4.69) is 29.1 Å². The average Bonchev–Trinajstić information content (AvgIpc) is 2.47. The van der Waals surface area contributed by atoms with E-state index >= 15 is 0 Å². The van der Waals surface area contributed by atoms with Gasteiger partial charge in [-0.25, -0.2) is 9.97 Å². The Morgan fingerprint density at radius 1 is 1.37 bits per heavy atom. The summed E-state index contributed by atoms with van der Waals surface area (Å²) in [6.07, 6.45) is 5.87. The molecule has 1 fully saturated rings. The fraction of sp³-hybridized carbons (Fsp3) is 0.643. The molecule has 2 rings (SSSR count). The molecule has 1 N–H and O–H groups in total. The molecule has 1 aliphatic heterocycles. The van der Waals surface area contributed by atoms with Crippen molar-refractivity contribution in [3.8, 4) is 0 Å². The van der Waals surface area contributed by atoms with Gasteiger partial charge in [0.15, 0.2) is 0 Å². The van der Waals surface area contributed by atoms with Crippen molar-refractivity contribution in [3.05, 3.63) is 18.1 Å². The molecule has 1 aromatic heterocycles. The largest absolute Gasteiger partial charge is 0.368 e. The fourth-order valence-electron chi connectivity index (χ4n) is 2.17. The van der Waals surface area contributed by atoms with E-state index in [1.54, 1.807) is 6.07 Å². The van der Waals surface area contributed by atoms with E-state index < -0.39 is 0 Å². The molecule has 1 aliphatic rings. The summed E-state index contributed by atoms with van der Waals surface area (Å²) in [7, 11) is 0. The Balaban J connectivity index is 2.06. The number of hydrogen-bond donors (Lipinski definition) is 1. The van der Waals surface area contributed by atoms with Gasteiger partial charge in [-0.3, -0.25) is 4.79 Å². The quantitative estimate of drug-likeness (QED) is 0.904. The monoisotopic (exact) mass is 262 g/mol. The summed E-state index contributed by atoms with van der Waals surface area (Å²) in [6.45, 7) is 5.89. The van der Waals surface area contributed by atoms with Crippen molar-refractivity contribution in [1.29, 1.82) is 0 Å². The van der Waals surface area contributed by atoms with Gasteiger partial charge in [-0.1, -0.05) is 6.92 Å². The summed E-state index contributed by atoms with van der Waals surface area (Å²) in [5.74, 6) is 0.749. The highest BCUT2D eigenvalue weighted by Gasteiger charge is 2.19. The number of anilines is 1. The molecule has 1 unspecified atom stereocenters. The van der Waals surface area contributed by atoms with Gasteiger partial charge in [0.05, 0.1) is 0 Å². The standard InChI is InChI=1S/C14H22N4O/c1-3-11(2)17-13-9-12(15-10-16-13)14(19)18-7-5-4-6-8-18/h9-11H,3-8H2,1-2H3,(H,15,16,17). The van der Waals surface area contributed by atoms with E-state index in [-0.39, 0.29) is 5.91 Å². The number of aromatic nitrogens is 2. The zero-order valence-corrected chi connectivity index (χ0v) is 11.7. The van der Waals surface area contributed by atoms with Crippen LogP contribution in [0, 0.1) is 0 Å². The van der Waals surface area contributed by atoms with Crippen molar-refractivity contribution in [3.63, 3.8) is 0 Å². The molecule has 1 atom stereocenters. The second-order valence-electron chi connectivity index (χ2n) is 5.09. The number of likely N-dealkylation sites (tertiary alicyclic amines) is 1.